The van der Waals surface area contributed by atoms with Gasteiger partial charge in [0.2, 0.25) is 0 Å². The third-order valence-electron chi connectivity index (χ3n) is 5.80. The number of nitrogens with one attached hydrogen (secondary N) is 2. The lowest BCUT2D eigenvalue weighted by molar-refractivity contribution is 0.0958. The molecule has 162 valence electrons. The van der Waals surface area contributed by atoms with Crippen molar-refractivity contribution in [1.29, 1.82) is 0 Å². The number of aromatic nitrogens is 3. The van der Waals surface area contributed by atoms with Gasteiger partial charge in [0.05, 0.1) is 16.9 Å². The molecule has 0 saturated carbocycles. The van der Waals surface area contributed by atoms with Crippen LogP contribution < -0.4 is 15.9 Å². The molecule has 1 aliphatic heterocycles. The van der Waals surface area contributed by atoms with E-state index in [1.165, 1.54) is 4.57 Å². The Balaban J connectivity index is 1.44. The summed E-state index contributed by atoms with van der Waals surface area (Å²) in [6.07, 6.45) is 0. The number of rotatable bonds is 4. The average molecular weight is 439 g/mol. The number of hydrogen-bond donors (Lipinski definition) is 2. The Hall–Kier alpha value is -3.04. The van der Waals surface area contributed by atoms with Crippen molar-refractivity contribution in [3.8, 4) is 0 Å². The quantitative estimate of drug-likeness (QED) is 0.606. The lowest BCUT2D eigenvalue weighted by atomic mass is 10.1. The number of nitrogens with zero attached hydrogens (tertiary/aromatic N) is 4. The minimum absolute atomic E-state index is 0.173. The van der Waals surface area contributed by atoms with E-state index in [-0.39, 0.29) is 11.6 Å². The van der Waals surface area contributed by atoms with Crippen LogP contribution in [0.25, 0.3) is 10.9 Å². The van der Waals surface area contributed by atoms with E-state index in [0.717, 1.165) is 60.6 Å². The summed E-state index contributed by atoms with van der Waals surface area (Å²) in [6, 6.07) is 9.84. The highest BCUT2D eigenvalue weighted by Crippen LogP contribution is 2.22. The molecule has 1 saturated heterocycles. The number of fused-ring (bicyclic) bond motifs is 1. The summed E-state index contributed by atoms with van der Waals surface area (Å²) in [5.74, 6) is -0.173. The summed E-state index contributed by atoms with van der Waals surface area (Å²) in [5, 5.41) is 3.49. The number of carbonyl (C=O) groups is 1. The van der Waals surface area contributed by atoms with Gasteiger partial charge in [-0.2, -0.15) is 0 Å². The van der Waals surface area contributed by atoms with Gasteiger partial charge >= 0.3 is 5.69 Å². The van der Waals surface area contributed by atoms with E-state index >= 15 is 0 Å². The van der Waals surface area contributed by atoms with Crippen LogP contribution in [0.2, 0.25) is 0 Å². The number of aromatic amines is 1. The van der Waals surface area contributed by atoms with Crippen LogP contribution in [0.1, 0.15) is 21.7 Å². The highest BCUT2D eigenvalue weighted by atomic mass is 32.1. The molecule has 0 aliphatic carbocycles. The van der Waals surface area contributed by atoms with Gasteiger partial charge in [-0.15, -0.1) is 0 Å². The molecule has 3 heterocycles. The first-order chi connectivity index (χ1) is 14.9. The van der Waals surface area contributed by atoms with Crippen LogP contribution in [-0.4, -0.2) is 58.6 Å². The van der Waals surface area contributed by atoms with Crippen molar-refractivity contribution < 1.29 is 4.79 Å². The summed E-state index contributed by atoms with van der Waals surface area (Å²) in [6.45, 7) is 6.36. The van der Waals surface area contributed by atoms with Crippen molar-refractivity contribution in [1.82, 2.24) is 24.8 Å². The molecule has 4 rings (SSSR count). The first-order valence-corrected chi connectivity index (χ1v) is 10.7. The molecule has 0 radical (unpaired) electrons. The zero-order valence-electron chi connectivity index (χ0n) is 17.9. The van der Waals surface area contributed by atoms with Crippen LogP contribution in [0.5, 0.6) is 0 Å². The lowest BCUT2D eigenvalue weighted by Crippen LogP contribution is -2.46. The largest absolute Gasteiger partial charge is 0.368 e. The zero-order valence-corrected chi connectivity index (χ0v) is 18.8. The summed E-state index contributed by atoms with van der Waals surface area (Å²) in [4.78, 5) is 35.9. The smallest absolute Gasteiger partial charge is 0.326 e. The summed E-state index contributed by atoms with van der Waals surface area (Å²) in [5.41, 5.74) is 4.10. The number of H-pyrrole nitrogens is 1. The second kappa shape index (κ2) is 8.60. The summed E-state index contributed by atoms with van der Waals surface area (Å²) in [7, 11) is 3.28. The number of carbonyl (C=O) groups excluding carboxylic acids is 1. The van der Waals surface area contributed by atoms with E-state index in [0.29, 0.717) is 10.3 Å². The number of benzene rings is 1. The van der Waals surface area contributed by atoms with Gasteiger partial charge in [0.1, 0.15) is 10.3 Å². The Morgan fingerprint density at radius 1 is 1.19 bits per heavy atom. The van der Waals surface area contributed by atoms with E-state index in [1.807, 2.05) is 25.1 Å². The van der Waals surface area contributed by atoms with Gasteiger partial charge in [-0.05, 0) is 36.8 Å². The molecule has 31 heavy (non-hydrogen) atoms. The van der Waals surface area contributed by atoms with Gasteiger partial charge in [-0.3, -0.25) is 14.3 Å². The van der Waals surface area contributed by atoms with E-state index in [1.54, 1.807) is 20.2 Å². The molecule has 1 amide bonds. The molecule has 2 aromatic heterocycles. The third-order valence-corrected chi connectivity index (χ3v) is 6.30. The zero-order chi connectivity index (χ0) is 22.1. The summed E-state index contributed by atoms with van der Waals surface area (Å²) < 4.78 is 2.00. The van der Waals surface area contributed by atoms with Gasteiger partial charge in [-0.25, -0.2) is 9.78 Å². The van der Waals surface area contributed by atoms with Crippen LogP contribution in [-0.2, 0) is 13.6 Å². The monoisotopic (exact) mass is 438 g/mol. The first kappa shape index (κ1) is 21.2. The molecule has 1 aliphatic rings. The fourth-order valence-electron chi connectivity index (χ4n) is 4.00. The van der Waals surface area contributed by atoms with Crippen LogP contribution in [0.15, 0.2) is 35.1 Å². The Labute approximate surface area is 185 Å². The fraction of sp³-hybridized carbons (Fsp3) is 0.364. The third kappa shape index (κ3) is 4.24. The number of amides is 1. The normalized spacial score (nSPS) is 14.7. The van der Waals surface area contributed by atoms with Gasteiger partial charge in [0, 0.05) is 52.2 Å². The maximum Gasteiger partial charge on any atom is 0.326 e. The summed E-state index contributed by atoms with van der Waals surface area (Å²) >= 11 is 5.39. The molecule has 1 aromatic carbocycles. The molecule has 0 unspecified atom stereocenters. The average Bonchev–Trinajstić information content (AvgIpc) is 2.77. The first-order valence-electron chi connectivity index (χ1n) is 10.3. The Morgan fingerprint density at radius 2 is 1.94 bits per heavy atom. The predicted octanol–water partition coefficient (Wildman–Crippen LogP) is 1.98. The van der Waals surface area contributed by atoms with Crippen molar-refractivity contribution >= 4 is 34.7 Å². The highest BCUT2D eigenvalue weighted by Gasteiger charge is 2.20. The molecule has 1 fully saturated rings. The number of anilines is 1. The molecule has 0 bridgehead atoms. The van der Waals surface area contributed by atoms with E-state index in [4.69, 9.17) is 12.2 Å². The van der Waals surface area contributed by atoms with Gasteiger partial charge in [0.25, 0.3) is 5.91 Å². The number of aryl methyl sites for hydroxylation is 1. The Morgan fingerprint density at radius 3 is 2.61 bits per heavy atom. The minimum atomic E-state index is -0.199. The molecule has 0 spiro atoms. The maximum absolute atomic E-state index is 12.0. The molecular formula is C22H26N6O2S. The SMILES string of the molecule is CNC(=O)c1ccc(N2CCN(Cc3ccc4c(=S)n(C)c(=O)[nH]c4c3)CC2)c(C)n1. The number of pyridine rings is 1. The van der Waals surface area contributed by atoms with E-state index < -0.39 is 0 Å². The van der Waals surface area contributed by atoms with Crippen molar-refractivity contribution in [2.75, 3.05) is 38.1 Å². The molecule has 8 nitrogen and oxygen atoms in total. The molecule has 9 heteroatoms. The number of hydrogen-bond acceptors (Lipinski definition) is 6. The van der Waals surface area contributed by atoms with Crippen LogP contribution in [0.3, 0.4) is 0 Å². The standard InChI is InChI=1S/C22H26N6O2S/c1-14-19(7-6-17(24-14)20(29)23-2)28-10-8-27(9-11-28)13-15-4-5-16-18(12-15)25-22(30)26(3)21(16)31/h4-7,12H,8-11,13H2,1-3H3,(H,23,29)(H,25,30). The van der Waals surface area contributed by atoms with E-state index in [2.05, 4.69) is 31.2 Å². The van der Waals surface area contributed by atoms with Gasteiger partial charge < -0.3 is 15.2 Å². The molecule has 3 aromatic rings. The predicted molar refractivity (Wildman–Crippen MR) is 124 cm³/mol. The fourth-order valence-corrected chi connectivity index (χ4v) is 4.26. The molecule has 2 N–H and O–H groups in total. The van der Waals surface area contributed by atoms with Crippen LogP contribution in [0, 0.1) is 11.6 Å². The van der Waals surface area contributed by atoms with Gasteiger partial charge in [0.15, 0.2) is 0 Å². The maximum atomic E-state index is 12.0. The topological polar surface area (TPSA) is 86.3 Å². The van der Waals surface area contributed by atoms with Crippen molar-refractivity contribution in [3.05, 3.63) is 62.4 Å². The number of piperazine rings is 1. The van der Waals surface area contributed by atoms with Gasteiger partial charge in [-0.1, -0.05) is 18.3 Å². The highest BCUT2D eigenvalue weighted by molar-refractivity contribution is 7.71. The second-order valence-electron chi connectivity index (χ2n) is 7.82. The molecule has 0 atom stereocenters. The van der Waals surface area contributed by atoms with Crippen molar-refractivity contribution in [3.63, 3.8) is 0 Å². The minimum Gasteiger partial charge on any atom is -0.368 e. The van der Waals surface area contributed by atoms with Crippen molar-refractivity contribution in [2.24, 2.45) is 7.05 Å². The second-order valence-corrected chi connectivity index (χ2v) is 8.20. The van der Waals surface area contributed by atoms with Crippen molar-refractivity contribution in [2.45, 2.75) is 13.5 Å². The Bertz CT molecular complexity index is 1260. The lowest BCUT2D eigenvalue weighted by Gasteiger charge is -2.36. The van der Waals surface area contributed by atoms with E-state index in [9.17, 15) is 9.59 Å². The van der Waals surface area contributed by atoms with Crippen LogP contribution >= 0.6 is 12.2 Å². The molecular weight excluding hydrogens is 412 g/mol. The Kier molecular flexibility index (Phi) is 5.88. The van der Waals surface area contributed by atoms with Crippen LogP contribution in [0.4, 0.5) is 5.69 Å².